The highest BCUT2D eigenvalue weighted by Gasteiger charge is 2.21. The highest BCUT2D eigenvalue weighted by molar-refractivity contribution is 5.92. The van der Waals surface area contributed by atoms with Crippen molar-refractivity contribution in [3.05, 3.63) is 59.7 Å². The molecule has 0 heterocycles. The average molecular weight is 385 g/mol. The molecule has 1 N–H and O–H groups in total. The molecule has 0 unspecified atom stereocenters. The van der Waals surface area contributed by atoms with Gasteiger partial charge in [0.25, 0.3) is 5.91 Å². The quantitative estimate of drug-likeness (QED) is 0.668. The lowest BCUT2D eigenvalue weighted by Crippen LogP contribution is -2.38. The molecule has 150 valence electrons. The third-order valence-corrected chi connectivity index (χ3v) is 4.56. The number of amides is 1. The van der Waals surface area contributed by atoms with Crippen LogP contribution in [0.3, 0.4) is 0 Å². The van der Waals surface area contributed by atoms with Gasteiger partial charge in [0.05, 0.1) is 19.8 Å². The van der Waals surface area contributed by atoms with Crippen molar-refractivity contribution in [2.24, 2.45) is 0 Å². The first-order valence-corrected chi connectivity index (χ1v) is 9.25. The van der Waals surface area contributed by atoms with Crippen LogP contribution in [0.4, 0.5) is 0 Å². The molecular formula is C22H27NO5. The number of hydrogen-bond donors (Lipinski definition) is 1. The van der Waals surface area contributed by atoms with E-state index in [-0.39, 0.29) is 17.4 Å². The number of methoxy groups -OCH3 is 2. The zero-order valence-corrected chi connectivity index (χ0v) is 16.7. The fourth-order valence-corrected chi connectivity index (χ4v) is 2.84. The maximum Gasteiger partial charge on any atom is 0.339 e. The fourth-order valence-electron chi connectivity index (χ4n) is 2.84. The monoisotopic (exact) mass is 385 g/mol. The van der Waals surface area contributed by atoms with Gasteiger partial charge in [0.2, 0.25) is 0 Å². The van der Waals surface area contributed by atoms with Gasteiger partial charge in [-0.1, -0.05) is 37.3 Å². The van der Waals surface area contributed by atoms with E-state index in [0.717, 1.165) is 6.42 Å². The molecule has 28 heavy (non-hydrogen) atoms. The molecule has 0 spiro atoms. The van der Waals surface area contributed by atoms with Crippen LogP contribution < -0.4 is 14.8 Å². The Bertz CT molecular complexity index is 791. The first kappa shape index (κ1) is 21.3. The molecule has 0 aliphatic carbocycles. The number of nitrogens with one attached hydrogen (secondary N) is 1. The van der Waals surface area contributed by atoms with Gasteiger partial charge in [0, 0.05) is 12.5 Å². The van der Waals surface area contributed by atoms with Crippen molar-refractivity contribution in [1.82, 2.24) is 5.32 Å². The van der Waals surface area contributed by atoms with Gasteiger partial charge < -0.3 is 19.5 Å². The lowest BCUT2D eigenvalue weighted by atomic mass is 9.96. The van der Waals surface area contributed by atoms with Crippen LogP contribution in [0.5, 0.6) is 11.5 Å². The van der Waals surface area contributed by atoms with Crippen LogP contribution in [0.15, 0.2) is 48.5 Å². The summed E-state index contributed by atoms with van der Waals surface area (Å²) in [6.07, 6.45) is -0.0155. The number of rotatable bonds is 9. The molecule has 0 aromatic heterocycles. The molecule has 0 aliphatic rings. The third-order valence-electron chi connectivity index (χ3n) is 4.56. The highest BCUT2D eigenvalue weighted by atomic mass is 16.5. The van der Waals surface area contributed by atoms with Gasteiger partial charge in [0.1, 0.15) is 0 Å². The van der Waals surface area contributed by atoms with Gasteiger partial charge in [-0.2, -0.15) is 0 Å². The van der Waals surface area contributed by atoms with Gasteiger partial charge >= 0.3 is 5.97 Å². The van der Waals surface area contributed by atoms with Crippen molar-refractivity contribution in [1.29, 1.82) is 0 Å². The summed E-state index contributed by atoms with van der Waals surface area (Å²) in [7, 11) is 3.00. The van der Waals surface area contributed by atoms with E-state index in [1.165, 1.54) is 25.8 Å². The van der Waals surface area contributed by atoms with E-state index in [2.05, 4.69) is 12.2 Å². The number of esters is 1. The summed E-state index contributed by atoms with van der Waals surface area (Å²) in [5.41, 5.74) is 1.45. The summed E-state index contributed by atoms with van der Waals surface area (Å²) < 4.78 is 15.6. The predicted molar refractivity (Wildman–Crippen MR) is 107 cm³/mol. The molecule has 2 atom stereocenters. The number of carbonyl (C=O) groups is 2. The third kappa shape index (κ3) is 5.49. The molecule has 2 aromatic rings. The molecule has 0 bridgehead atoms. The maximum absolute atomic E-state index is 12.4. The molecule has 1 amide bonds. The van der Waals surface area contributed by atoms with Crippen LogP contribution in [0.25, 0.3) is 0 Å². The topological polar surface area (TPSA) is 73.9 Å². The second-order valence-corrected chi connectivity index (χ2v) is 6.38. The maximum atomic E-state index is 12.4. The van der Waals surface area contributed by atoms with Gasteiger partial charge in [-0.3, -0.25) is 4.79 Å². The summed E-state index contributed by atoms with van der Waals surface area (Å²) in [6, 6.07) is 14.7. The Labute approximate surface area is 165 Å². The number of benzene rings is 2. The van der Waals surface area contributed by atoms with Crippen LogP contribution in [-0.4, -0.2) is 38.7 Å². The highest BCUT2D eigenvalue weighted by Crippen LogP contribution is 2.28. The van der Waals surface area contributed by atoms with E-state index in [1.54, 1.807) is 19.1 Å². The van der Waals surface area contributed by atoms with Crippen molar-refractivity contribution in [2.45, 2.75) is 32.3 Å². The standard InChI is InChI=1S/C22H27NO5/c1-5-16(17-9-7-6-8-10-17)14-23-21(24)15(2)28-22(25)18-11-12-19(26-3)20(13-18)27-4/h6-13,15-16H,5,14H2,1-4H3,(H,23,24)/t15-,16+/m0/s1. The minimum Gasteiger partial charge on any atom is -0.493 e. The van der Waals surface area contributed by atoms with Crippen molar-refractivity contribution in [3.8, 4) is 11.5 Å². The van der Waals surface area contributed by atoms with Crippen LogP contribution >= 0.6 is 0 Å². The van der Waals surface area contributed by atoms with E-state index < -0.39 is 12.1 Å². The van der Waals surface area contributed by atoms with Gasteiger partial charge in [-0.05, 0) is 37.1 Å². The predicted octanol–water partition coefficient (Wildman–Crippen LogP) is 3.56. The second-order valence-electron chi connectivity index (χ2n) is 6.38. The zero-order chi connectivity index (χ0) is 20.5. The number of carbonyl (C=O) groups excluding carboxylic acids is 2. The van der Waals surface area contributed by atoms with Crippen LogP contribution in [0, 0.1) is 0 Å². The largest absolute Gasteiger partial charge is 0.493 e. The molecule has 2 aromatic carbocycles. The molecule has 6 heteroatoms. The van der Waals surface area contributed by atoms with Crippen LogP contribution in [-0.2, 0) is 9.53 Å². The van der Waals surface area contributed by atoms with E-state index in [1.807, 2.05) is 30.3 Å². The van der Waals surface area contributed by atoms with Gasteiger partial charge in [-0.15, -0.1) is 0 Å². The van der Waals surface area contributed by atoms with Crippen molar-refractivity contribution in [3.63, 3.8) is 0 Å². The summed E-state index contributed by atoms with van der Waals surface area (Å²) in [5, 5.41) is 2.87. The van der Waals surface area contributed by atoms with E-state index >= 15 is 0 Å². The minimum atomic E-state index is -0.908. The van der Waals surface area contributed by atoms with Crippen molar-refractivity contribution >= 4 is 11.9 Å². The van der Waals surface area contributed by atoms with Gasteiger partial charge in [0.15, 0.2) is 17.6 Å². The SMILES string of the molecule is CC[C@H](CNC(=O)[C@H](C)OC(=O)c1ccc(OC)c(OC)c1)c1ccccc1. The van der Waals surface area contributed by atoms with Crippen molar-refractivity contribution in [2.75, 3.05) is 20.8 Å². The Morgan fingerprint density at radius 2 is 1.68 bits per heavy atom. The Kier molecular flexibility index (Phi) is 7.87. The first-order chi connectivity index (χ1) is 13.5. The second kappa shape index (κ2) is 10.3. The summed E-state index contributed by atoms with van der Waals surface area (Å²) >= 11 is 0. The summed E-state index contributed by atoms with van der Waals surface area (Å²) in [6.45, 7) is 4.11. The Morgan fingerprint density at radius 3 is 2.29 bits per heavy atom. The molecule has 0 radical (unpaired) electrons. The minimum absolute atomic E-state index is 0.207. The van der Waals surface area contributed by atoms with Crippen LogP contribution in [0.2, 0.25) is 0 Å². The van der Waals surface area contributed by atoms with E-state index in [4.69, 9.17) is 14.2 Å². The molecule has 0 fully saturated rings. The molecule has 2 rings (SSSR count). The molecular weight excluding hydrogens is 358 g/mol. The smallest absolute Gasteiger partial charge is 0.339 e. The Morgan fingerprint density at radius 1 is 1.00 bits per heavy atom. The normalized spacial score (nSPS) is 12.6. The van der Waals surface area contributed by atoms with Crippen molar-refractivity contribution < 1.29 is 23.8 Å². The molecule has 0 aliphatic heterocycles. The summed E-state index contributed by atoms with van der Waals surface area (Å²) in [4.78, 5) is 24.7. The molecule has 0 saturated carbocycles. The molecule has 0 saturated heterocycles. The van der Waals surface area contributed by atoms with Gasteiger partial charge in [-0.25, -0.2) is 4.79 Å². The Hall–Kier alpha value is -3.02. The van der Waals surface area contributed by atoms with E-state index in [0.29, 0.717) is 18.0 Å². The number of ether oxygens (including phenoxy) is 3. The zero-order valence-electron chi connectivity index (χ0n) is 16.7. The van der Waals surface area contributed by atoms with Crippen LogP contribution in [0.1, 0.15) is 42.1 Å². The lowest BCUT2D eigenvalue weighted by molar-refractivity contribution is -0.129. The summed E-state index contributed by atoms with van der Waals surface area (Å²) in [5.74, 6) is 0.208. The number of hydrogen-bond acceptors (Lipinski definition) is 5. The first-order valence-electron chi connectivity index (χ1n) is 9.25. The Balaban J connectivity index is 1.93. The van der Waals surface area contributed by atoms with E-state index in [9.17, 15) is 9.59 Å². The fraction of sp³-hybridized carbons (Fsp3) is 0.364. The molecule has 6 nitrogen and oxygen atoms in total. The lowest BCUT2D eigenvalue weighted by Gasteiger charge is -2.18. The average Bonchev–Trinajstić information content (AvgIpc) is 2.74.